The minimum Gasteiger partial charge on any atom is -0.378 e. The predicted octanol–water partition coefficient (Wildman–Crippen LogP) is 9.62. The van der Waals surface area contributed by atoms with Gasteiger partial charge in [0.1, 0.15) is 0 Å². The van der Waals surface area contributed by atoms with Crippen molar-refractivity contribution in [2.24, 2.45) is 5.92 Å². The lowest BCUT2D eigenvalue weighted by Crippen LogP contribution is -2.21. The van der Waals surface area contributed by atoms with Gasteiger partial charge >= 0.3 is 0 Å². The Balaban J connectivity index is 1.34. The molecule has 2 fully saturated rings. The highest BCUT2D eigenvalue weighted by atomic mass is 32.1. The second kappa shape index (κ2) is 13.9. The molecule has 0 spiro atoms. The molecule has 1 heterocycles. The van der Waals surface area contributed by atoms with Crippen LogP contribution in [-0.2, 0) is 4.74 Å². The quantitative estimate of drug-likeness (QED) is 0.282. The van der Waals surface area contributed by atoms with E-state index in [2.05, 4.69) is 37.3 Å². The predicted molar refractivity (Wildman–Crippen MR) is 133 cm³/mol. The summed E-state index contributed by atoms with van der Waals surface area (Å²) in [4.78, 5) is 3.37. The molecule has 0 saturated heterocycles. The number of hydrogen-bond acceptors (Lipinski definition) is 2. The van der Waals surface area contributed by atoms with Gasteiger partial charge in [-0.1, -0.05) is 65.2 Å². The van der Waals surface area contributed by atoms with E-state index in [0.29, 0.717) is 6.10 Å². The highest BCUT2D eigenvalue weighted by Gasteiger charge is 2.26. The van der Waals surface area contributed by atoms with Gasteiger partial charge in [0.25, 0.3) is 0 Å². The summed E-state index contributed by atoms with van der Waals surface area (Å²) in [5.41, 5.74) is 0. The SMILES string of the molecule is CCCCCCOC1CCC(c2ccc(C3CCC(CCCCCC)CC3)s2)CC1. The number of thiophene rings is 1. The fraction of sp³-hybridized carbons (Fsp3) is 0.857. The minimum absolute atomic E-state index is 0.537. The summed E-state index contributed by atoms with van der Waals surface area (Å²) in [6.07, 6.45) is 24.1. The zero-order valence-electron chi connectivity index (χ0n) is 20.0. The fourth-order valence-corrected chi connectivity index (χ4v) is 7.04. The van der Waals surface area contributed by atoms with Crippen LogP contribution < -0.4 is 0 Å². The number of ether oxygens (including phenoxy) is 1. The molecule has 0 radical (unpaired) electrons. The maximum Gasteiger partial charge on any atom is 0.0575 e. The molecule has 2 saturated carbocycles. The van der Waals surface area contributed by atoms with Crippen LogP contribution in [0.1, 0.15) is 145 Å². The van der Waals surface area contributed by atoms with Crippen LogP contribution in [0.5, 0.6) is 0 Å². The molecule has 0 aliphatic heterocycles. The molecule has 1 aromatic rings. The summed E-state index contributed by atoms with van der Waals surface area (Å²) in [6, 6.07) is 4.97. The Labute approximate surface area is 191 Å². The highest BCUT2D eigenvalue weighted by Crippen LogP contribution is 2.43. The van der Waals surface area contributed by atoms with Crippen molar-refractivity contribution in [1.29, 1.82) is 0 Å². The lowest BCUT2D eigenvalue weighted by molar-refractivity contribution is 0.0228. The first-order valence-corrected chi connectivity index (χ1v) is 14.3. The maximum absolute atomic E-state index is 6.17. The zero-order valence-corrected chi connectivity index (χ0v) is 20.8. The Hall–Kier alpha value is -0.340. The van der Waals surface area contributed by atoms with E-state index in [4.69, 9.17) is 4.74 Å². The third-order valence-corrected chi connectivity index (χ3v) is 9.20. The zero-order chi connectivity index (χ0) is 21.0. The standard InChI is InChI=1S/C28H48OS/c1-3-5-7-9-11-23-12-14-24(15-13-23)27-20-21-28(30-27)25-16-18-26(19-17-25)29-22-10-8-6-4-2/h20-21,23-26H,3-19,22H2,1-2H3. The summed E-state index contributed by atoms with van der Waals surface area (Å²) in [6.45, 7) is 5.58. The van der Waals surface area contributed by atoms with Crippen LogP contribution >= 0.6 is 11.3 Å². The minimum atomic E-state index is 0.537. The van der Waals surface area contributed by atoms with Gasteiger partial charge < -0.3 is 4.74 Å². The molecule has 0 amide bonds. The molecule has 0 N–H and O–H groups in total. The molecule has 3 rings (SSSR count). The van der Waals surface area contributed by atoms with Crippen molar-refractivity contribution in [3.63, 3.8) is 0 Å². The molecule has 0 aromatic carbocycles. The molecule has 0 bridgehead atoms. The van der Waals surface area contributed by atoms with Crippen LogP contribution in [-0.4, -0.2) is 12.7 Å². The summed E-state index contributed by atoms with van der Waals surface area (Å²) in [5.74, 6) is 2.69. The van der Waals surface area contributed by atoms with Crippen LogP contribution in [0.25, 0.3) is 0 Å². The Bertz CT molecular complexity index is 549. The number of rotatable bonds is 13. The van der Waals surface area contributed by atoms with E-state index < -0.39 is 0 Å². The van der Waals surface area contributed by atoms with Crippen molar-refractivity contribution >= 4 is 11.3 Å². The maximum atomic E-state index is 6.17. The van der Waals surface area contributed by atoms with Crippen LogP contribution in [0.2, 0.25) is 0 Å². The Kier molecular flexibility index (Phi) is 11.3. The van der Waals surface area contributed by atoms with Gasteiger partial charge in [-0.3, -0.25) is 0 Å². The molecule has 2 heteroatoms. The van der Waals surface area contributed by atoms with Gasteiger partial charge in [0.15, 0.2) is 0 Å². The molecule has 30 heavy (non-hydrogen) atoms. The van der Waals surface area contributed by atoms with Gasteiger partial charge in [0, 0.05) is 16.4 Å². The first kappa shape index (κ1) is 24.3. The van der Waals surface area contributed by atoms with E-state index >= 15 is 0 Å². The van der Waals surface area contributed by atoms with E-state index in [1.807, 2.05) is 0 Å². The molecule has 2 aliphatic carbocycles. The first-order valence-electron chi connectivity index (χ1n) is 13.5. The normalized spacial score (nSPS) is 27.4. The van der Waals surface area contributed by atoms with E-state index in [0.717, 1.165) is 24.4 Å². The van der Waals surface area contributed by atoms with Gasteiger partial charge in [-0.2, -0.15) is 0 Å². The first-order chi connectivity index (χ1) is 14.8. The second-order valence-electron chi connectivity index (χ2n) is 10.2. The van der Waals surface area contributed by atoms with Crippen LogP contribution in [0, 0.1) is 5.92 Å². The topological polar surface area (TPSA) is 9.23 Å². The summed E-state index contributed by atoms with van der Waals surface area (Å²) < 4.78 is 6.17. The largest absolute Gasteiger partial charge is 0.378 e. The van der Waals surface area contributed by atoms with Crippen molar-refractivity contribution in [2.75, 3.05) is 6.61 Å². The van der Waals surface area contributed by atoms with Crippen molar-refractivity contribution in [1.82, 2.24) is 0 Å². The molecule has 0 unspecified atom stereocenters. The van der Waals surface area contributed by atoms with Crippen molar-refractivity contribution in [3.05, 3.63) is 21.9 Å². The average molecular weight is 433 g/mol. The number of unbranched alkanes of at least 4 members (excludes halogenated alkanes) is 6. The molecule has 1 nitrogen and oxygen atoms in total. The average Bonchev–Trinajstić information content (AvgIpc) is 3.28. The molecular formula is C28H48OS. The van der Waals surface area contributed by atoms with Crippen molar-refractivity contribution < 1.29 is 4.74 Å². The third-order valence-electron chi connectivity index (χ3n) is 7.79. The van der Waals surface area contributed by atoms with Gasteiger partial charge in [0.05, 0.1) is 6.10 Å². The second-order valence-corrected chi connectivity index (χ2v) is 11.4. The Morgan fingerprint density at radius 3 is 1.87 bits per heavy atom. The molecule has 2 aliphatic rings. The van der Waals surface area contributed by atoms with E-state index in [1.54, 1.807) is 9.75 Å². The third kappa shape index (κ3) is 7.97. The summed E-state index contributed by atoms with van der Waals surface area (Å²) in [5, 5.41) is 0. The fourth-order valence-electron chi connectivity index (χ4n) is 5.70. The van der Waals surface area contributed by atoms with Crippen molar-refractivity contribution in [3.8, 4) is 0 Å². The highest BCUT2D eigenvalue weighted by molar-refractivity contribution is 7.12. The molecule has 0 atom stereocenters. The molecule has 172 valence electrons. The van der Waals surface area contributed by atoms with E-state index in [-0.39, 0.29) is 0 Å². The summed E-state index contributed by atoms with van der Waals surface area (Å²) in [7, 11) is 0. The lowest BCUT2D eigenvalue weighted by Gasteiger charge is -2.29. The Morgan fingerprint density at radius 2 is 1.27 bits per heavy atom. The smallest absolute Gasteiger partial charge is 0.0575 e. The summed E-state index contributed by atoms with van der Waals surface area (Å²) >= 11 is 2.16. The van der Waals surface area contributed by atoms with Gasteiger partial charge in [-0.25, -0.2) is 0 Å². The lowest BCUT2D eigenvalue weighted by atomic mass is 9.79. The molecule has 1 aromatic heterocycles. The van der Waals surface area contributed by atoms with E-state index in [1.165, 1.54) is 109 Å². The van der Waals surface area contributed by atoms with Gasteiger partial charge in [0.2, 0.25) is 0 Å². The van der Waals surface area contributed by atoms with Crippen LogP contribution in [0.4, 0.5) is 0 Å². The number of hydrogen-bond donors (Lipinski definition) is 0. The van der Waals surface area contributed by atoms with Crippen LogP contribution in [0.3, 0.4) is 0 Å². The van der Waals surface area contributed by atoms with Gasteiger partial charge in [-0.05, 0) is 87.7 Å². The van der Waals surface area contributed by atoms with Crippen LogP contribution in [0.15, 0.2) is 12.1 Å². The van der Waals surface area contributed by atoms with E-state index in [9.17, 15) is 0 Å². The molecular weight excluding hydrogens is 384 g/mol. The van der Waals surface area contributed by atoms with Gasteiger partial charge in [-0.15, -0.1) is 11.3 Å². The Morgan fingerprint density at radius 1 is 0.700 bits per heavy atom. The monoisotopic (exact) mass is 432 g/mol. The van der Waals surface area contributed by atoms with Crippen molar-refractivity contribution in [2.45, 2.75) is 141 Å².